The summed E-state index contributed by atoms with van der Waals surface area (Å²) >= 11 is 3.46. The standard InChI is InChI=1S/C12H13BrN2O4/c1-16-6-4-8(17-2)12(18-3)11(13)10(6)7-5-9(14)15-19-7/h4-5H,1-3H3,(H2,14,15). The van der Waals surface area contributed by atoms with Gasteiger partial charge >= 0.3 is 0 Å². The number of nitrogens with two attached hydrogens (primary N) is 1. The molecule has 2 aromatic rings. The van der Waals surface area contributed by atoms with Crippen molar-refractivity contribution in [2.45, 2.75) is 0 Å². The zero-order valence-corrected chi connectivity index (χ0v) is 12.3. The lowest BCUT2D eigenvalue weighted by Gasteiger charge is -2.15. The minimum atomic E-state index is 0.290. The number of hydrogen-bond acceptors (Lipinski definition) is 6. The highest BCUT2D eigenvalue weighted by Gasteiger charge is 2.22. The van der Waals surface area contributed by atoms with Gasteiger partial charge in [0, 0.05) is 12.1 Å². The number of ether oxygens (including phenoxy) is 3. The van der Waals surface area contributed by atoms with E-state index in [-0.39, 0.29) is 0 Å². The molecule has 1 aromatic carbocycles. The maximum absolute atomic E-state index is 5.57. The molecule has 0 saturated heterocycles. The fourth-order valence-electron chi connectivity index (χ4n) is 1.73. The van der Waals surface area contributed by atoms with Crippen molar-refractivity contribution in [3.05, 3.63) is 16.6 Å². The van der Waals surface area contributed by atoms with Gasteiger partial charge in [0.2, 0.25) is 0 Å². The molecular formula is C12H13BrN2O4. The topological polar surface area (TPSA) is 79.7 Å². The van der Waals surface area contributed by atoms with Crippen LogP contribution in [0.5, 0.6) is 17.2 Å². The highest BCUT2D eigenvalue weighted by molar-refractivity contribution is 9.10. The van der Waals surface area contributed by atoms with E-state index >= 15 is 0 Å². The van der Waals surface area contributed by atoms with Gasteiger partial charge in [-0.15, -0.1) is 0 Å². The van der Waals surface area contributed by atoms with Crippen molar-refractivity contribution in [2.75, 3.05) is 27.1 Å². The van der Waals surface area contributed by atoms with Crippen LogP contribution in [0.1, 0.15) is 0 Å². The smallest absolute Gasteiger partial charge is 0.175 e. The van der Waals surface area contributed by atoms with E-state index in [2.05, 4.69) is 21.1 Å². The van der Waals surface area contributed by atoms with Gasteiger partial charge in [-0.1, -0.05) is 5.16 Å². The molecule has 0 unspecified atom stereocenters. The predicted octanol–water partition coefficient (Wildman–Crippen LogP) is 2.71. The summed E-state index contributed by atoms with van der Waals surface area (Å²) in [7, 11) is 4.65. The highest BCUT2D eigenvalue weighted by Crippen LogP contribution is 2.47. The van der Waals surface area contributed by atoms with Crippen LogP contribution in [0.15, 0.2) is 21.1 Å². The van der Waals surface area contributed by atoms with E-state index in [0.717, 1.165) is 0 Å². The molecule has 0 amide bonds. The average molecular weight is 329 g/mol. The largest absolute Gasteiger partial charge is 0.496 e. The number of anilines is 1. The van der Waals surface area contributed by atoms with Crippen molar-refractivity contribution in [1.82, 2.24) is 5.16 Å². The SMILES string of the molecule is COc1cc(OC)c(-c2cc(N)no2)c(Br)c1OC. The van der Waals surface area contributed by atoms with Crippen molar-refractivity contribution in [2.24, 2.45) is 0 Å². The number of nitrogens with zero attached hydrogens (tertiary/aromatic N) is 1. The summed E-state index contributed by atoms with van der Waals surface area (Å²) in [6.07, 6.45) is 0. The van der Waals surface area contributed by atoms with Gasteiger partial charge in [0.25, 0.3) is 0 Å². The third-order valence-electron chi connectivity index (χ3n) is 2.57. The van der Waals surface area contributed by atoms with Gasteiger partial charge in [0.1, 0.15) is 5.75 Å². The Balaban J connectivity index is 2.71. The van der Waals surface area contributed by atoms with E-state index in [0.29, 0.717) is 38.9 Å². The van der Waals surface area contributed by atoms with Crippen LogP contribution >= 0.6 is 15.9 Å². The molecule has 102 valence electrons. The molecule has 1 heterocycles. The molecule has 0 radical (unpaired) electrons. The number of aromatic nitrogens is 1. The molecule has 6 nitrogen and oxygen atoms in total. The average Bonchev–Trinajstić information content (AvgIpc) is 2.83. The van der Waals surface area contributed by atoms with Gasteiger partial charge < -0.3 is 24.5 Å². The number of nitrogen functional groups attached to an aromatic ring is 1. The molecule has 0 saturated carbocycles. The zero-order valence-electron chi connectivity index (χ0n) is 10.7. The van der Waals surface area contributed by atoms with Crippen LogP contribution in [0.4, 0.5) is 5.82 Å². The second-order valence-corrected chi connectivity index (χ2v) is 4.41. The van der Waals surface area contributed by atoms with Gasteiger partial charge in [-0.3, -0.25) is 0 Å². The highest BCUT2D eigenvalue weighted by atomic mass is 79.9. The summed E-state index contributed by atoms with van der Waals surface area (Å²) in [5.74, 6) is 2.40. The molecular weight excluding hydrogens is 316 g/mol. The monoisotopic (exact) mass is 328 g/mol. The van der Waals surface area contributed by atoms with Crippen LogP contribution in [0.25, 0.3) is 11.3 Å². The molecule has 1 aromatic heterocycles. The first kappa shape index (κ1) is 13.5. The van der Waals surface area contributed by atoms with Crippen LogP contribution in [0.2, 0.25) is 0 Å². The van der Waals surface area contributed by atoms with Crippen molar-refractivity contribution < 1.29 is 18.7 Å². The predicted molar refractivity (Wildman–Crippen MR) is 73.7 cm³/mol. The van der Waals surface area contributed by atoms with E-state index in [9.17, 15) is 0 Å². The number of rotatable bonds is 4. The Labute approximate surface area is 118 Å². The number of halogens is 1. The van der Waals surface area contributed by atoms with E-state index in [4.69, 9.17) is 24.5 Å². The van der Waals surface area contributed by atoms with Crippen LogP contribution in [-0.2, 0) is 0 Å². The lowest BCUT2D eigenvalue weighted by molar-refractivity contribution is 0.346. The van der Waals surface area contributed by atoms with E-state index in [1.54, 1.807) is 33.5 Å². The van der Waals surface area contributed by atoms with Crippen molar-refractivity contribution >= 4 is 21.7 Å². The summed E-state index contributed by atoms with van der Waals surface area (Å²) in [5.41, 5.74) is 6.22. The van der Waals surface area contributed by atoms with Crippen molar-refractivity contribution in [1.29, 1.82) is 0 Å². The van der Waals surface area contributed by atoms with E-state index in [1.807, 2.05) is 0 Å². The Kier molecular flexibility index (Phi) is 3.84. The van der Waals surface area contributed by atoms with Crippen LogP contribution in [0, 0.1) is 0 Å². The fourth-order valence-corrected chi connectivity index (χ4v) is 2.47. The Hall–Kier alpha value is -1.89. The lowest BCUT2D eigenvalue weighted by atomic mass is 10.1. The third kappa shape index (κ3) is 2.33. The first-order valence-corrected chi connectivity index (χ1v) is 6.12. The second-order valence-electron chi connectivity index (χ2n) is 3.62. The number of benzene rings is 1. The Morgan fingerprint density at radius 2 is 1.79 bits per heavy atom. The summed E-state index contributed by atoms with van der Waals surface area (Å²) in [4.78, 5) is 0. The molecule has 0 aliphatic heterocycles. The van der Waals surface area contributed by atoms with Gasteiger partial charge in [-0.05, 0) is 15.9 Å². The molecule has 0 bridgehead atoms. The first-order valence-electron chi connectivity index (χ1n) is 5.33. The lowest BCUT2D eigenvalue weighted by Crippen LogP contribution is -1.96. The summed E-state index contributed by atoms with van der Waals surface area (Å²) in [5, 5.41) is 3.66. The third-order valence-corrected chi connectivity index (χ3v) is 3.33. The van der Waals surface area contributed by atoms with Gasteiger partial charge in [-0.25, -0.2) is 0 Å². The fraction of sp³-hybridized carbons (Fsp3) is 0.250. The van der Waals surface area contributed by atoms with Gasteiger partial charge in [0.15, 0.2) is 23.1 Å². The molecule has 19 heavy (non-hydrogen) atoms. The Morgan fingerprint density at radius 3 is 2.26 bits per heavy atom. The first-order chi connectivity index (χ1) is 9.12. The summed E-state index contributed by atoms with van der Waals surface area (Å²) in [6.45, 7) is 0. The molecule has 0 aliphatic carbocycles. The number of methoxy groups -OCH3 is 3. The minimum absolute atomic E-state index is 0.290. The quantitative estimate of drug-likeness (QED) is 0.929. The van der Waals surface area contributed by atoms with Gasteiger partial charge in [0.05, 0.1) is 31.4 Å². The normalized spacial score (nSPS) is 10.3. The van der Waals surface area contributed by atoms with Crippen LogP contribution in [0.3, 0.4) is 0 Å². The molecule has 2 rings (SSSR count). The summed E-state index contributed by atoms with van der Waals surface area (Å²) in [6, 6.07) is 3.31. The molecule has 7 heteroatoms. The maximum atomic E-state index is 5.57. The number of hydrogen-bond donors (Lipinski definition) is 1. The molecule has 0 aliphatic rings. The van der Waals surface area contributed by atoms with Crippen molar-refractivity contribution in [3.8, 4) is 28.6 Å². The molecule has 2 N–H and O–H groups in total. The maximum Gasteiger partial charge on any atom is 0.175 e. The van der Waals surface area contributed by atoms with Crippen LogP contribution < -0.4 is 19.9 Å². The summed E-state index contributed by atoms with van der Waals surface area (Å²) < 4.78 is 21.7. The van der Waals surface area contributed by atoms with E-state index in [1.165, 1.54) is 0 Å². The zero-order chi connectivity index (χ0) is 14.0. The van der Waals surface area contributed by atoms with E-state index < -0.39 is 0 Å². The molecule has 0 spiro atoms. The van der Waals surface area contributed by atoms with Crippen molar-refractivity contribution in [3.63, 3.8) is 0 Å². The Bertz CT molecular complexity index is 598. The Morgan fingerprint density at radius 1 is 1.11 bits per heavy atom. The van der Waals surface area contributed by atoms with Crippen LogP contribution in [-0.4, -0.2) is 26.5 Å². The second kappa shape index (κ2) is 5.40. The molecule has 0 atom stereocenters. The minimum Gasteiger partial charge on any atom is -0.496 e. The molecule has 0 fully saturated rings. The van der Waals surface area contributed by atoms with Gasteiger partial charge in [-0.2, -0.15) is 0 Å².